The molecule has 0 aliphatic carbocycles. The molecular formula is C18H26O. The van der Waals surface area contributed by atoms with Gasteiger partial charge in [0.25, 0.3) is 0 Å². The summed E-state index contributed by atoms with van der Waals surface area (Å²) in [7, 11) is 0. The smallest absolute Gasteiger partial charge is 0.0682 e. The van der Waals surface area contributed by atoms with Crippen molar-refractivity contribution in [2.75, 3.05) is 0 Å². The van der Waals surface area contributed by atoms with Gasteiger partial charge in [0.1, 0.15) is 0 Å². The zero-order valence-electron chi connectivity index (χ0n) is 12.8. The van der Waals surface area contributed by atoms with Crippen LogP contribution in [0, 0.1) is 6.92 Å². The van der Waals surface area contributed by atoms with E-state index in [-0.39, 0.29) is 6.61 Å². The Labute approximate surface area is 117 Å². The van der Waals surface area contributed by atoms with E-state index in [1.807, 2.05) is 45.9 Å². The van der Waals surface area contributed by atoms with Gasteiger partial charge in [0.15, 0.2) is 0 Å². The molecule has 0 aliphatic rings. The molecule has 0 bridgehead atoms. The Morgan fingerprint density at radius 2 is 1.37 bits per heavy atom. The molecule has 0 saturated carbocycles. The van der Waals surface area contributed by atoms with Gasteiger partial charge >= 0.3 is 0 Å². The number of aliphatic hydroxyl groups is 1. The molecule has 0 atom stereocenters. The summed E-state index contributed by atoms with van der Waals surface area (Å²) in [6.07, 6.45) is 0. The lowest BCUT2D eigenvalue weighted by Crippen LogP contribution is -1.84. The predicted octanol–water partition coefficient (Wildman–Crippen LogP) is 5.21. The zero-order chi connectivity index (χ0) is 14.7. The largest absolute Gasteiger partial charge is 0.392 e. The van der Waals surface area contributed by atoms with Crippen molar-refractivity contribution in [2.45, 2.75) is 41.2 Å². The molecule has 0 amide bonds. The predicted molar refractivity (Wildman–Crippen MR) is 85.2 cm³/mol. The Hall–Kier alpha value is -1.60. The average molecular weight is 258 g/mol. The van der Waals surface area contributed by atoms with E-state index in [2.05, 4.69) is 37.3 Å². The van der Waals surface area contributed by atoms with Gasteiger partial charge in [-0.3, -0.25) is 0 Å². The molecule has 1 nitrogen and oxygen atoms in total. The maximum atomic E-state index is 9.05. The highest BCUT2D eigenvalue weighted by Crippen LogP contribution is 2.20. The normalized spacial score (nSPS) is 8.74. The summed E-state index contributed by atoms with van der Waals surface area (Å²) < 4.78 is 0. The lowest BCUT2D eigenvalue weighted by molar-refractivity contribution is 0.282. The highest BCUT2D eigenvalue weighted by Gasteiger charge is 1.98. The molecule has 2 aromatic rings. The minimum Gasteiger partial charge on any atom is -0.392 e. The second-order valence-corrected chi connectivity index (χ2v) is 3.72. The van der Waals surface area contributed by atoms with E-state index in [4.69, 9.17) is 5.11 Å². The molecule has 1 heteroatoms. The second kappa shape index (κ2) is 10.3. The minimum absolute atomic E-state index is 0.0969. The molecule has 0 unspecified atom stereocenters. The fourth-order valence-electron chi connectivity index (χ4n) is 1.60. The van der Waals surface area contributed by atoms with Crippen LogP contribution in [0.1, 0.15) is 38.8 Å². The molecule has 1 N–H and O–H groups in total. The summed E-state index contributed by atoms with van der Waals surface area (Å²) in [6, 6.07) is 16.4. The molecule has 0 fully saturated rings. The standard InChI is InChI=1S/C14H14O.2C2H6/c1-11-5-7-13(8-6-11)14-4-2-3-12(9-14)10-15;2*1-2/h2-9,15H,10H2,1H3;2*1-2H3. The Morgan fingerprint density at radius 1 is 0.789 bits per heavy atom. The first-order valence-corrected chi connectivity index (χ1v) is 7.06. The topological polar surface area (TPSA) is 20.2 Å². The number of rotatable bonds is 2. The summed E-state index contributed by atoms with van der Waals surface area (Å²) in [5.41, 5.74) is 4.56. The van der Waals surface area contributed by atoms with Crippen LogP contribution in [-0.2, 0) is 6.61 Å². The van der Waals surface area contributed by atoms with Crippen LogP contribution >= 0.6 is 0 Å². The summed E-state index contributed by atoms with van der Waals surface area (Å²) in [5, 5.41) is 9.05. The van der Waals surface area contributed by atoms with E-state index in [1.54, 1.807) is 0 Å². The maximum Gasteiger partial charge on any atom is 0.0682 e. The molecule has 104 valence electrons. The summed E-state index contributed by atoms with van der Waals surface area (Å²) in [4.78, 5) is 0. The minimum atomic E-state index is 0.0969. The first kappa shape index (κ1) is 17.4. The van der Waals surface area contributed by atoms with Gasteiger partial charge in [-0.25, -0.2) is 0 Å². The molecule has 19 heavy (non-hydrogen) atoms. The fourth-order valence-corrected chi connectivity index (χ4v) is 1.60. The molecule has 0 saturated heterocycles. The van der Waals surface area contributed by atoms with Crippen molar-refractivity contribution in [3.8, 4) is 11.1 Å². The third-order valence-corrected chi connectivity index (χ3v) is 2.49. The molecule has 0 heterocycles. The van der Waals surface area contributed by atoms with Gasteiger partial charge in [-0.2, -0.15) is 0 Å². The maximum absolute atomic E-state index is 9.05. The Bertz CT molecular complexity index is 444. The number of hydrogen-bond acceptors (Lipinski definition) is 1. The van der Waals surface area contributed by atoms with Gasteiger partial charge in [0, 0.05) is 0 Å². The second-order valence-electron chi connectivity index (χ2n) is 3.72. The first-order chi connectivity index (χ1) is 9.29. The van der Waals surface area contributed by atoms with Gasteiger partial charge < -0.3 is 5.11 Å². The Kier molecular flexibility index (Phi) is 9.46. The zero-order valence-corrected chi connectivity index (χ0v) is 12.8. The van der Waals surface area contributed by atoms with Crippen LogP contribution in [0.25, 0.3) is 11.1 Å². The first-order valence-electron chi connectivity index (χ1n) is 7.06. The van der Waals surface area contributed by atoms with Gasteiger partial charge in [-0.1, -0.05) is 75.7 Å². The van der Waals surface area contributed by atoms with E-state index in [0.717, 1.165) is 11.1 Å². The van der Waals surface area contributed by atoms with Gasteiger partial charge in [0.2, 0.25) is 0 Å². The molecule has 0 spiro atoms. The van der Waals surface area contributed by atoms with Crippen molar-refractivity contribution < 1.29 is 5.11 Å². The van der Waals surface area contributed by atoms with Crippen molar-refractivity contribution >= 4 is 0 Å². The quantitative estimate of drug-likeness (QED) is 0.784. The van der Waals surface area contributed by atoms with E-state index in [1.165, 1.54) is 11.1 Å². The van der Waals surface area contributed by atoms with Crippen LogP contribution in [0.4, 0.5) is 0 Å². The fraction of sp³-hybridized carbons (Fsp3) is 0.333. The Morgan fingerprint density at radius 3 is 1.89 bits per heavy atom. The van der Waals surface area contributed by atoms with Gasteiger partial charge in [0.05, 0.1) is 6.61 Å². The molecule has 0 aromatic heterocycles. The number of hydrogen-bond donors (Lipinski definition) is 1. The van der Waals surface area contributed by atoms with Crippen LogP contribution in [-0.4, -0.2) is 5.11 Å². The van der Waals surface area contributed by atoms with Crippen molar-refractivity contribution in [1.82, 2.24) is 0 Å². The third kappa shape index (κ3) is 5.71. The SMILES string of the molecule is CC.CC.Cc1ccc(-c2cccc(CO)c2)cc1. The number of aryl methyl sites for hydroxylation is 1. The van der Waals surface area contributed by atoms with Crippen LogP contribution in [0.3, 0.4) is 0 Å². The van der Waals surface area contributed by atoms with E-state index in [0.29, 0.717) is 0 Å². The summed E-state index contributed by atoms with van der Waals surface area (Å²) in [5.74, 6) is 0. The molecular weight excluding hydrogens is 232 g/mol. The van der Waals surface area contributed by atoms with Crippen molar-refractivity contribution in [3.63, 3.8) is 0 Å². The van der Waals surface area contributed by atoms with Crippen molar-refractivity contribution in [3.05, 3.63) is 59.7 Å². The van der Waals surface area contributed by atoms with Crippen LogP contribution in [0.15, 0.2) is 48.5 Å². The summed E-state index contributed by atoms with van der Waals surface area (Å²) >= 11 is 0. The highest BCUT2D eigenvalue weighted by molar-refractivity contribution is 5.64. The van der Waals surface area contributed by atoms with E-state index >= 15 is 0 Å². The van der Waals surface area contributed by atoms with E-state index in [9.17, 15) is 0 Å². The molecule has 2 rings (SSSR count). The monoisotopic (exact) mass is 258 g/mol. The Balaban J connectivity index is 0.000000741. The van der Waals surface area contributed by atoms with Crippen molar-refractivity contribution in [2.24, 2.45) is 0 Å². The van der Waals surface area contributed by atoms with Gasteiger partial charge in [-0.05, 0) is 29.7 Å². The van der Waals surface area contributed by atoms with E-state index < -0.39 is 0 Å². The number of aliphatic hydroxyl groups excluding tert-OH is 1. The van der Waals surface area contributed by atoms with Crippen LogP contribution in [0.2, 0.25) is 0 Å². The van der Waals surface area contributed by atoms with Crippen molar-refractivity contribution in [1.29, 1.82) is 0 Å². The number of benzene rings is 2. The van der Waals surface area contributed by atoms with Crippen LogP contribution in [0.5, 0.6) is 0 Å². The lowest BCUT2D eigenvalue weighted by atomic mass is 10.0. The summed E-state index contributed by atoms with van der Waals surface area (Å²) in [6.45, 7) is 10.2. The van der Waals surface area contributed by atoms with Gasteiger partial charge in [-0.15, -0.1) is 0 Å². The van der Waals surface area contributed by atoms with Crippen LogP contribution < -0.4 is 0 Å². The lowest BCUT2D eigenvalue weighted by Gasteiger charge is -2.04. The molecule has 0 radical (unpaired) electrons. The highest BCUT2D eigenvalue weighted by atomic mass is 16.3. The molecule has 0 aliphatic heterocycles. The average Bonchev–Trinajstić information content (AvgIpc) is 2.52. The molecule has 2 aromatic carbocycles. The third-order valence-electron chi connectivity index (χ3n) is 2.49.